The summed E-state index contributed by atoms with van der Waals surface area (Å²) in [5, 5.41) is 10.4. The average Bonchev–Trinajstić information content (AvgIpc) is 3.73. The molecular formula is C44H27NS2. The van der Waals surface area contributed by atoms with Gasteiger partial charge in [-0.1, -0.05) is 140 Å². The molecule has 0 unspecified atom stereocenters. The van der Waals surface area contributed by atoms with E-state index in [4.69, 9.17) is 0 Å². The SMILES string of the molecule is c1ccc(-c2ccc(N(c3cccc4c3sc3c5ccccc5ccc43)c3cccc4c3sc3c5ccccc5ccc43)cc2)cc1. The normalized spacial score (nSPS) is 11.8. The predicted molar refractivity (Wildman–Crippen MR) is 207 cm³/mol. The minimum Gasteiger partial charge on any atom is -0.308 e. The maximum absolute atomic E-state index is 2.49. The standard InChI is InChI=1S/C44H27NS2/c1-2-10-28(11-3-1)29-20-24-32(25-21-29)45(39-18-8-16-35-37-26-22-30-12-4-6-14-33(30)41(37)46-43(35)39)40-19-9-17-36-38-27-23-31-13-5-7-15-34(31)42(38)47-44(36)40/h1-27H. The van der Waals surface area contributed by atoms with Crippen molar-refractivity contribution in [2.24, 2.45) is 0 Å². The summed E-state index contributed by atoms with van der Waals surface area (Å²) in [6.45, 7) is 0. The molecule has 2 aromatic heterocycles. The van der Waals surface area contributed by atoms with Gasteiger partial charge in [0.25, 0.3) is 0 Å². The minimum absolute atomic E-state index is 1.15. The van der Waals surface area contributed by atoms with Gasteiger partial charge in [0.15, 0.2) is 0 Å². The maximum Gasteiger partial charge on any atom is 0.0640 e. The molecular weight excluding hydrogens is 607 g/mol. The lowest BCUT2D eigenvalue weighted by Crippen LogP contribution is -2.10. The highest BCUT2D eigenvalue weighted by molar-refractivity contribution is 7.28. The summed E-state index contributed by atoms with van der Waals surface area (Å²) in [5.74, 6) is 0. The van der Waals surface area contributed by atoms with E-state index in [-0.39, 0.29) is 0 Å². The number of nitrogens with zero attached hydrogens (tertiary/aromatic N) is 1. The molecule has 0 spiro atoms. The monoisotopic (exact) mass is 633 g/mol. The fraction of sp³-hybridized carbons (Fsp3) is 0. The van der Waals surface area contributed by atoms with Gasteiger partial charge in [-0.15, -0.1) is 22.7 Å². The van der Waals surface area contributed by atoms with E-state index in [1.54, 1.807) is 0 Å². The Morgan fingerprint density at radius 2 is 0.745 bits per heavy atom. The van der Waals surface area contributed by atoms with Crippen LogP contribution in [0, 0.1) is 0 Å². The van der Waals surface area contributed by atoms with Crippen molar-refractivity contribution in [1.29, 1.82) is 0 Å². The number of anilines is 3. The molecule has 220 valence electrons. The average molecular weight is 634 g/mol. The van der Waals surface area contributed by atoms with Crippen LogP contribution in [-0.4, -0.2) is 0 Å². The van der Waals surface area contributed by atoms with Gasteiger partial charge in [0.2, 0.25) is 0 Å². The zero-order chi connectivity index (χ0) is 30.9. The van der Waals surface area contributed by atoms with Crippen molar-refractivity contribution in [2.75, 3.05) is 4.90 Å². The summed E-state index contributed by atoms with van der Waals surface area (Å²) < 4.78 is 5.29. The quantitative estimate of drug-likeness (QED) is 0.186. The Hall–Kier alpha value is -5.48. The molecule has 10 aromatic rings. The molecule has 0 N–H and O–H groups in total. The van der Waals surface area contributed by atoms with Crippen LogP contribution in [0.5, 0.6) is 0 Å². The van der Waals surface area contributed by atoms with E-state index in [0.717, 1.165) is 5.69 Å². The molecule has 3 heteroatoms. The largest absolute Gasteiger partial charge is 0.308 e. The molecule has 0 bridgehead atoms. The first-order chi connectivity index (χ1) is 23.3. The number of thiophene rings is 2. The molecule has 2 heterocycles. The highest BCUT2D eigenvalue weighted by Gasteiger charge is 2.22. The van der Waals surface area contributed by atoms with Crippen LogP contribution in [0.2, 0.25) is 0 Å². The highest BCUT2D eigenvalue weighted by Crippen LogP contribution is 2.50. The van der Waals surface area contributed by atoms with Crippen molar-refractivity contribution in [3.8, 4) is 11.1 Å². The van der Waals surface area contributed by atoms with Gasteiger partial charge in [0.05, 0.1) is 20.8 Å². The van der Waals surface area contributed by atoms with Crippen molar-refractivity contribution in [1.82, 2.24) is 0 Å². The van der Waals surface area contributed by atoms with E-state index in [1.807, 2.05) is 22.7 Å². The van der Waals surface area contributed by atoms with E-state index >= 15 is 0 Å². The number of rotatable bonds is 4. The highest BCUT2D eigenvalue weighted by atomic mass is 32.1. The molecule has 0 fully saturated rings. The molecule has 0 aliphatic carbocycles. The number of hydrogen-bond donors (Lipinski definition) is 0. The first-order valence-electron chi connectivity index (χ1n) is 15.9. The lowest BCUT2D eigenvalue weighted by atomic mass is 10.0. The number of benzene rings is 8. The topological polar surface area (TPSA) is 3.24 Å². The van der Waals surface area contributed by atoms with Crippen molar-refractivity contribution in [2.45, 2.75) is 0 Å². The number of fused-ring (bicyclic) bond motifs is 10. The van der Waals surface area contributed by atoms with Crippen LogP contribution in [0.15, 0.2) is 164 Å². The Kier molecular flexibility index (Phi) is 5.98. The lowest BCUT2D eigenvalue weighted by Gasteiger charge is -2.27. The second-order valence-electron chi connectivity index (χ2n) is 12.1. The predicted octanol–water partition coefficient (Wildman–Crippen LogP) is 13.9. The third-order valence-electron chi connectivity index (χ3n) is 9.45. The van der Waals surface area contributed by atoms with Gasteiger partial charge in [-0.2, -0.15) is 0 Å². The Morgan fingerprint density at radius 1 is 0.298 bits per heavy atom. The maximum atomic E-state index is 2.49. The molecule has 0 atom stereocenters. The summed E-state index contributed by atoms with van der Waals surface area (Å²) in [7, 11) is 0. The molecule has 0 saturated carbocycles. The summed E-state index contributed by atoms with van der Waals surface area (Å²) in [5.41, 5.74) is 5.99. The van der Waals surface area contributed by atoms with Gasteiger partial charge >= 0.3 is 0 Å². The summed E-state index contributed by atoms with van der Waals surface area (Å²) in [6.07, 6.45) is 0. The van der Waals surface area contributed by atoms with Crippen molar-refractivity contribution in [3.05, 3.63) is 164 Å². The van der Waals surface area contributed by atoms with Gasteiger partial charge < -0.3 is 4.90 Å². The zero-order valence-corrected chi connectivity index (χ0v) is 27.0. The van der Waals surface area contributed by atoms with Gasteiger partial charge in [-0.3, -0.25) is 0 Å². The van der Waals surface area contributed by atoms with Crippen LogP contribution in [0.3, 0.4) is 0 Å². The molecule has 0 radical (unpaired) electrons. The lowest BCUT2D eigenvalue weighted by molar-refractivity contribution is 1.32. The van der Waals surface area contributed by atoms with E-state index in [1.165, 1.54) is 84.4 Å². The van der Waals surface area contributed by atoms with E-state index in [2.05, 4.69) is 169 Å². The number of hydrogen-bond acceptors (Lipinski definition) is 3. The Labute approximate surface area is 280 Å². The molecule has 0 saturated heterocycles. The molecule has 1 nitrogen and oxygen atoms in total. The fourth-order valence-electron chi connectivity index (χ4n) is 7.22. The summed E-state index contributed by atoms with van der Waals surface area (Å²) in [6, 6.07) is 60.0. The van der Waals surface area contributed by atoms with Crippen LogP contribution < -0.4 is 4.90 Å². The zero-order valence-electron chi connectivity index (χ0n) is 25.4. The molecule has 0 aliphatic heterocycles. The Bertz CT molecular complexity index is 2640. The van der Waals surface area contributed by atoms with Crippen molar-refractivity contribution in [3.63, 3.8) is 0 Å². The second-order valence-corrected chi connectivity index (χ2v) is 14.1. The van der Waals surface area contributed by atoms with E-state index in [9.17, 15) is 0 Å². The van der Waals surface area contributed by atoms with Gasteiger partial charge in [0, 0.05) is 36.6 Å². The van der Waals surface area contributed by atoms with Crippen LogP contribution in [0.25, 0.3) is 73.0 Å². The molecule has 0 amide bonds. The Balaban J connectivity index is 1.26. The molecule has 47 heavy (non-hydrogen) atoms. The van der Waals surface area contributed by atoms with E-state index in [0.29, 0.717) is 0 Å². The van der Waals surface area contributed by atoms with Crippen LogP contribution >= 0.6 is 22.7 Å². The smallest absolute Gasteiger partial charge is 0.0640 e. The van der Waals surface area contributed by atoms with Gasteiger partial charge in [-0.25, -0.2) is 0 Å². The van der Waals surface area contributed by atoms with Crippen LogP contribution in [0.4, 0.5) is 17.1 Å². The van der Waals surface area contributed by atoms with Crippen LogP contribution in [-0.2, 0) is 0 Å². The Morgan fingerprint density at radius 3 is 1.30 bits per heavy atom. The molecule has 10 rings (SSSR count). The van der Waals surface area contributed by atoms with E-state index < -0.39 is 0 Å². The summed E-state index contributed by atoms with van der Waals surface area (Å²) >= 11 is 3.82. The van der Waals surface area contributed by atoms with Crippen LogP contribution in [0.1, 0.15) is 0 Å². The van der Waals surface area contributed by atoms with Crippen molar-refractivity contribution < 1.29 is 0 Å². The van der Waals surface area contributed by atoms with Gasteiger partial charge in [-0.05, 0) is 56.9 Å². The molecule has 8 aromatic carbocycles. The first kappa shape index (κ1) is 26.7. The fourth-order valence-corrected chi connectivity index (χ4v) is 9.90. The molecule has 0 aliphatic rings. The third-order valence-corrected chi connectivity index (χ3v) is 12.0. The second kappa shape index (κ2) is 10.5. The third kappa shape index (κ3) is 4.14. The van der Waals surface area contributed by atoms with Crippen molar-refractivity contribution >= 4 is 102 Å². The minimum atomic E-state index is 1.15. The summed E-state index contributed by atoms with van der Waals surface area (Å²) in [4.78, 5) is 2.49. The first-order valence-corrected chi connectivity index (χ1v) is 17.6. The van der Waals surface area contributed by atoms with Gasteiger partial charge in [0.1, 0.15) is 0 Å².